The van der Waals surface area contributed by atoms with E-state index in [4.69, 9.17) is 0 Å². The van der Waals surface area contributed by atoms with Crippen LogP contribution in [-0.4, -0.2) is 25.6 Å². The van der Waals surface area contributed by atoms with Gasteiger partial charge in [-0.1, -0.05) is 24.3 Å². The third kappa shape index (κ3) is 1.58. The molecule has 0 N–H and O–H groups in total. The van der Waals surface area contributed by atoms with E-state index in [0.29, 0.717) is 12.3 Å². The van der Waals surface area contributed by atoms with Gasteiger partial charge in [0.15, 0.2) is 14.6 Å². The minimum absolute atomic E-state index is 0.550. The number of halogens is 3. The first-order valence-corrected chi connectivity index (χ1v) is 5.70. The molecule has 2 nitrogen and oxygen atoms in total. The molecule has 80 valence electrons. The van der Waals surface area contributed by atoms with Gasteiger partial charge in [-0.2, -0.15) is 13.2 Å². The van der Waals surface area contributed by atoms with Crippen LogP contribution in [0.15, 0.2) is 24.3 Å². The minimum atomic E-state index is -4.78. The van der Waals surface area contributed by atoms with Crippen molar-refractivity contribution in [3.05, 3.63) is 24.3 Å². The fraction of sp³-hybridized carbons (Fsp3) is 0.500. The topological polar surface area (TPSA) is 34.1 Å². The van der Waals surface area contributed by atoms with Crippen molar-refractivity contribution in [2.75, 3.05) is 6.26 Å². The van der Waals surface area contributed by atoms with E-state index in [1.807, 2.05) is 0 Å². The van der Waals surface area contributed by atoms with Crippen molar-refractivity contribution < 1.29 is 21.6 Å². The Bertz CT molecular complexity index is 378. The Morgan fingerprint density at radius 2 is 1.86 bits per heavy atom. The highest BCUT2D eigenvalue weighted by molar-refractivity contribution is 7.92. The summed E-state index contributed by atoms with van der Waals surface area (Å²) in [4.78, 5) is 0. The third-order valence-electron chi connectivity index (χ3n) is 2.18. The highest BCUT2D eigenvalue weighted by Crippen LogP contribution is 2.42. The smallest absolute Gasteiger partial charge is 0.228 e. The Hall–Kier alpha value is -0.780. The van der Waals surface area contributed by atoms with Crippen molar-refractivity contribution in [3.63, 3.8) is 0 Å². The number of alkyl halides is 3. The molecular formula is C8H9F3O2S. The van der Waals surface area contributed by atoms with Gasteiger partial charge >= 0.3 is 6.18 Å². The lowest BCUT2D eigenvalue weighted by Crippen LogP contribution is -2.50. The largest absolute Gasteiger partial charge is 0.411 e. The summed E-state index contributed by atoms with van der Waals surface area (Å²) in [5, 5.41) is 0. The summed E-state index contributed by atoms with van der Waals surface area (Å²) in [5.74, 6) is 0. The van der Waals surface area contributed by atoms with Crippen LogP contribution in [0.5, 0.6) is 0 Å². The van der Waals surface area contributed by atoms with Crippen LogP contribution in [0, 0.1) is 0 Å². The Morgan fingerprint density at radius 1 is 1.29 bits per heavy atom. The van der Waals surface area contributed by atoms with E-state index in [1.54, 1.807) is 0 Å². The molecule has 1 rings (SSSR count). The fourth-order valence-corrected chi connectivity index (χ4v) is 2.44. The second kappa shape index (κ2) is 3.12. The maximum absolute atomic E-state index is 12.6. The van der Waals surface area contributed by atoms with Gasteiger partial charge in [0, 0.05) is 6.26 Å². The lowest BCUT2D eigenvalue weighted by molar-refractivity contribution is -0.149. The SMILES string of the molecule is CS(=O)(=O)C1(C(F)(F)F)C=CC=CC1. The van der Waals surface area contributed by atoms with Crippen molar-refractivity contribution in [2.24, 2.45) is 0 Å². The maximum Gasteiger partial charge on any atom is 0.411 e. The van der Waals surface area contributed by atoms with Gasteiger partial charge in [-0.3, -0.25) is 0 Å². The molecule has 1 unspecified atom stereocenters. The molecule has 0 aromatic heterocycles. The molecule has 0 heterocycles. The Morgan fingerprint density at radius 3 is 2.07 bits per heavy atom. The van der Waals surface area contributed by atoms with Crippen LogP contribution in [0.2, 0.25) is 0 Å². The Balaban J connectivity index is 3.32. The van der Waals surface area contributed by atoms with Crippen molar-refractivity contribution in [1.29, 1.82) is 0 Å². The average molecular weight is 226 g/mol. The third-order valence-corrected chi connectivity index (χ3v) is 4.03. The Kier molecular flexibility index (Phi) is 2.51. The van der Waals surface area contributed by atoms with Crippen LogP contribution >= 0.6 is 0 Å². The van der Waals surface area contributed by atoms with Crippen molar-refractivity contribution in [1.82, 2.24) is 0 Å². The highest BCUT2D eigenvalue weighted by atomic mass is 32.2. The highest BCUT2D eigenvalue weighted by Gasteiger charge is 2.59. The molecule has 0 bridgehead atoms. The standard InChI is InChI=1S/C8H9F3O2S/c1-14(12,13)7(8(9,10)11)5-3-2-4-6-7/h2-5H,6H2,1H3. The van der Waals surface area contributed by atoms with Crippen molar-refractivity contribution in [2.45, 2.75) is 17.3 Å². The molecule has 0 aliphatic heterocycles. The molecule has 0 saturated carbocycles. The van der Waals surface area contributed by atoms with Gasteiger partial charge in [0.25, 0.3) is 0 Å². The van der Waals surface area contributed by atoms with Gasteiger partial charge in [0.1, 0.15) is 0 Å². The minimum Gasteiger partial charge on any atom is -0.228 e. The molecule has 0 saturated heterocycles. The van der Waals surface area contributed by atoms with Gasteiger partial charge in [0.2, 0.25) is 0 Å². The van der Waals surface area contributed by atoms with E-state index < -0.39 is 27.2 Å². The first-order chi connectivity index (χ1) is 6.21. The average Bonchev–Trinajstić information content (AvgIpc) is 2.02. The first-order valence-electron chi connectivity index (χ1n) is 3.81. The molecule has 0 amide bonds. The van der Waals surface area contributed by atoms with Crippen molar-refractivity contribution >= 4 is 9.84 Å². The zero-order valence-corrected chi connectivity index (χ0v) is 8.19. The molecule has 0 fully saturated rings. The summed E-state index contributed by atoms with van der Waals surface area (Å²) in [7, 11) is -4.21. The molecule has 1 aliphatic rings. The van der Waals surface area contributed by atoms with E-state index in [2.05, 4.69) is 0 Å². The van der Waals surface area contributed by atoms with Gasteiger partial charge in [0.05, 0.1) is 0 Å². The molecule has 6 heteroatoms. The van der Waals surface area contributed by atoms with Gasteiger partial charge < -0.3 is 0 Å². The first kappa shape index (κ1) is 11.3. The van der Waals surface area contributed by atoms with Crippen LogP contribution in [0.3, 0.4) is 0 Å². The quantitative estimate of drug-likeness (QED) is 0.683. The number of hydrogen-bond donors (Lipinski definition) is 0. The van der Waals surface area contributed by atoms with Crippen LogP contribution in [0.4, 0.5) is 13.2 Å². The summed E-state index contributed by atoms with van der Waals surface area (Å²) in [6.07, 6.45) is -0.318. The lowest BCUT2D eigenvalue weighted by atomic mass is 9.99. The number of allylic oxidation sites excluding steroid dienone is 3. The van der Waals surface area contributed by atoms with E-state index in [0.717, 1.165) is 6.08 Å². The summed E-state index contributed by atoms with van der Waals surface area (Å²) < 4.78 is 57.4. The maximum atomic E-state index is 12.6. The van der Waals surface area contributed by atoms with E-state index >= 15 is 0 Å². The Labute approximate surface area is 80.0 Å². The van der Waals surface area contributed by atoms with E-state index in [1.165, 1.54) is 12.2 Å². The van der Waals surface area contributed by atoms with Gasteiger partial charge in [-0.05, 0) is 6.42 Å². The second-order valence-corrected chi connectivity index (χ2v) is 5.42. The van der Waals surface area contributed by atoms with Crippen LogP contribution < -0.4 is 0 Å². The molecule has 1 atom stereocenters. The van der Waals surface area contributed by atoms with Gasteiger partial charge in [-0.15, -0.1) is 0 Å². The van der Waals surface area contributed by atoms with E-state index in [9.17, 15) is 21.6 Å². The second-order valence-electron chi connectivity index (χ2n) is 3.15. The summed E-state index contributed by atoms with van der Waals surface area (Å²) >= 11 is 0. The summed E-state index contributed by atoms with van der Waals surface area (Å²) in [6, 6.07) is 0. The molecule has 0 radical (unpaired) electrons. The molecule has 0 aromatic carbocycles. The molecular weight excluding hydrogens is 217 g/mol. The van der Waals surface area contributed by atoms with Crippen LogP contribution in [0.1, 0.15) is 6.42 Å². The molecule has 0 aromatic rings. The summed E-state index contributed by atoms with van der Waals surface area (Å²) in [5.41, 5.74) is 0. The zero-order chi connectivity index (χ0) is 11.0. The monoisotopic (exact) mass is 226 g/mol. The predicted molar refractivity (Wildman–Crippen MR) is 46.5 cm³/mol. The molecule has 1 aliphatic carbocycles. The predicted octanol–water partition coefficient (Wildman–Crippen LogP) is 1.85. The normalized spacial score (nSPS) is 28.0. The summed E-state index contributed by atoms with van der Waals surface area (Å²) in [6.45, 7) is 0. The molecule has 0 spiro atoms. The van der Waals surface area contributed by atoms with Crippen LogP contribution in [0.25, 0.3) is 0 Å². The van der Waals surface area contributed by atoms with Crippen LogP contribution in [-0.2, 0) is 9.84 Å². The number of rotatable bonds is 1. The number of hydrogen-bond acceptors (Lipinski definition) is 2. The fourth-order valence-electron chi connectivity index (χ4n) is 1.30. The van der Waals surface area contributed by atoms with Crippen molar-refractivity contribution in [3.8, 4) is 0 Å². The molecule has 14 heavy (non-hydrogen) atoms. The zero-order valence-electron chi connectivity index (χ0n) is 7.38. The van der Waals surface area contributed by atoms with E-state index in [-0.39, 0.29) is 0 Å². The van der Waals surface area contributed by atoms with Gasteiger partial charge in [-0.25, -0.2) is 8.42 Å². The number of sulfone groups is 1. The lowest BCUT2D eigenvalue weighted by Gasteiger charge is -2.31.